The normalized spacial score (nSPS) is 16.1. The summed E-state index contributed by atoms with van der Waals surface area (Å²) in [6, 6.07) is 0.253. The Morgan fingerprint density at radius 2 is 2.00 bits per heavy atom. The Morgan fingerprint density at radius 3 is 2.60 bits per heavy atom. The zero-order valence-corrected chi connectivity index (χ0v) is 12.0. The van der Waals surface area contributed by atoms with Crippen molar-refractivity contribution in [3.8, 4) is 0 Å². The fraction of sp³-hybridized carbons (Fsp3) is 0.600. The van der Waals surface area contributed by atoms with E-state index in [4.69, 9.17) is 9.52 Å². The van der Waals surface area contributed by atoms with E-state index in [1.807, 2.05) is 0 Å². The Kier molecular flexibility index (Phi) is 4.47. The number of hydrogen-bond donors (Lipinski definition) is 1. The number of amides is 1. The second-order valence-electron chi connectivity index (χ2n) is 5.50. The lowest BCUT2D eigenvalue weighted by Crippen LogP contribution is -2.38. The molecule has 0 unspecified atom stereocenters. The maximum atomic E-state index is 12.6. The van der Waals surface area contributed by atoms with Crippen LogP contribution in [0, 0.1) is 6.92 Å². The number of hydrogen-bond acceptors (Lipinski definition) is 3. The smallest absolute Gasteiger partial charge is 0.311 e. The highest BCUT2D eigenvalue weighted by Crippen LogP contribution is 2.25. The second-order valence-corrected chi connectivity index (χ2v) is 5.50. The summed E-state index contributed by atoms with van der Waals surface area (Å²) in [7, 11) is 1.80. The van der Waals surface area contributed by atoms with Crippen LogP contribution in [0.5, 0.6) is 0 Å². The van der Waals surface area contributed by atoms with Gasteiger partial charge in [0.2, 0.25) is 0 Å². The van der Waals surface area contributed by atoms with E-state index in [0.717, 1.165) is 25.7 Å². The summed E-state index contributed by atoms with van der Waals surface area (Å²) in [6.07, 6.45) is 6.77. The van der Waals surface area contributed by atoms with E-state index in [0.29, 0.717) is 11.1 Å². The lowest BCUT2D eigenvalue weighted by atomic mass is 9.94. The van der Waals surface area contributed by atoms with E-state index in [9.17, 15) is 9.59 Å². The standard InChI is InChI=1S/C15H21NO4/c1-10-9-20-12(8-13(17)18)14(10)15(19)16(2)11-6-4-3-5-7-11/h9,11H,3-8H2,1-2H3,(H,17,18). The molecule has 1 aliphatic rings. The number of carboxylic acids is 1. The monoisotopic (exact) mass is 279 g/mol. The molecule has 0 saturated heterocycles. The van der Waals surface area contributed by atoms with Gasteiger partial charge in [-0.05, 0) is 19.8 Å². The molecule has 0 aliphatic heterocycles. The third-order valence-corrected chi connectivity index (χ3v) is 4.02. The molecule has 5 heteroatoms. The van der Waals surface area contributed by atoms with Gasteiger partial charge < -0.3 is 14.4 Å². The van der Waals surface area contributed by atoms with Crippen LogP contribution in [0.4, 0.5) is 0 Å². The molecule has 0 atom stereocenters. The van der Waals surface area contributed by atoms with Crippen LogP contribution in [0.2, 0.25) is 0 Å². The quantitative estimate of drug-likeness (QED) is 0.919. The number of nitrogens with zero attached hydrogens (tertiary/aromatic N) is 1. The van der Waals surface area contributed by atoms with Crippen LogP contribution in [0.3, 0.4) is 0 Å². The zero-order chi connectivity index (χ0) is 14.7. The number of furan rings is 1. The molecule has 20 heavy (non-hydrogen) atoms. The second kappa shape index (κ2) is 6.11. The van der Waals surface area contributed by atoms with Gasteiger partial charge in [0.15, 0.2) is 0 Å². The number of carbonyl (C=O) groups excluding carboxylic acids is 1. The van der Waals surface area contributed by atoms with Gasteiger partial charge in [-0.1, -0.05) is 19.3 Å². The molecule has 1 aromatic rings. The molecule has 110 valence electrons. The summed E-state index contributed by atoms with van der Waals surface area (Å²) >= 11 is 0. The molecule has 0 bridgehead atoms. The fourth-order valence-corrected chi connectivity index (χ4v) is 2.86. The van der Waals surface area contributed by atoms with Crippen molar-refractivity contribution in [3.05, 3.63) is 23.2 Å². The van der Waals surface area contributed by atoms with Gasteiger partial charge >= 0.3 is 5.97 Å². The van der Waals surface area contributed by atoms with Crippen LogP contribution in [0.1, 0.15) is 53.8 Å². The maximum Gasteiger partial charge on any atom is 0.311 e. The van der Waals surface area contributed by atoms with Crippen molar-refractivity contribution >= 4 is 11.9 Å². The molecule has 0 radical (unpaired) electrons. The minimum atomic E-state index is -0.992. The Balaban J connectivity index is 2.19. The van der Waals surface area contributed by atoms with Gasteiger partial charge in [0, 0.05) is 18.7 Å². The Bertz CT molecular complexity index is 500. The molecule has 5 nitrogen and oxygen atoms in total. The van der Waals surface area contributed by atoms with Crippen LogP contribution in [-0.4, -0.2) is 35.0 Å². The molecule has 1 amide bonds. The topological polar surface area (TPSA) is 70.7 Å². The van der Waals surface area contributed by atoms with Crippen molar-refractivity contribution in [2.75, 3.05) is 7.05 Å². The van der Waals surface area contributed by atoms with Gasteiger partial charge in [0.25, 0.3) is 5.91 Å². The molecule has 1 aliphatic carbocycles. The highest BCUT2D eigenvalue weighted by Gasteiger charge is 2.28. The lowest BCUT2D eigenvalue weighted by Gasteiger charge is -2.31. The summed E-state index contributed by atoms with van der Waals surface area (Å²) in [5, 5.41) is 8.88. The van der Waals surface area contributed by atoms with E-state index < -0.39 is 5.97 Å². The maximum absolute atomic E-state index is 12.6. The van der Waals surface area contributed by atoms with Gasteiger partial charge in [-0.2, -0.15) is 0 Å². The summed E-state index contributed by atoms with van der Waals surface area (Å²) in [4.78, 5) is 25.2. The van der Waals surface area contributed by atoms with Crippen molar-refractivity contribution in [1.29, 1.82) is 0 Å². The third-order valence-electron chi connectivity index (χ3n) is 4.02. The molecule has 1 fully saturated rings. The van der Waals surface area contributed by atoms with E-state index in [2.05, 4.69) is 0 Å². The molecule has 1 heterocycles. The first-order valence-electron chi connectivity index (χ1n) is 7.06. The van der Waals surface area contributed by atoms with Gasteiger partial charge in [-0.25, -0.2) is 0 Å². The van der Waals surface area contributed by atoms with Gasteiger partial charge in [-0.3, -0.25) is 9.59 Å². The minimum absolute atomic E-state index is 0.126. The molecule has 1 saturated carbocycles. The zero-order valence-electron chi connectivity index (χ0n) is 12.0. The lowest BCUT2D eigenvalue weighted by molar-refractivity contribution is -0.136. The highest BCUT2D eigenvalue weighted by molar-refractivity contribution is 5.97. The summed E-state index contributed by atoms with van der Waals surface area (Å²) in [6.45, 7) is 1.77. The summed E-state index contributed by atoms with van der Waals surface area (Å²) < 4.78 is 5.24. The van der Waals surface area contributed by atoms with Crippen molar-refractivity contribution < 1.29 is 19.1 Å². The molecular formula is C15H21NO4. The molecule has 1 N–H and O–H groups in total. The number of carboxylic acid groups (broad SMARTS) is 1. The number of aryl methyl sites for hydroxylation is 1. The van der Waals surface area contributed by atoms with Crippen LogP contribution < -0.4 is 0 Å². The van der Waals surface area contributed by atoms with Crippen molar-refractivity contribution in [2.24, 2.45) is 0 Å². The Hall–Kier alpha value is -1.78. The molecular weight excluding hydrogens is 258 g/mol. The summed E-state index contributed by atoms with van der Waals surface area (Å²) in [5.41, 5.74) is 1.12. The predicted molar refractivity (Wildman–Crippen MR) is 73.8 cm³/mol. The van der Waals surface area contributed by atoms with Gasteiger partial charge in [0.1, 0.15) is 12.2 Å². The van der Waals surface area contributed by atoms with E-state index >= 15 is 0 Å². The molecule has 0 spiro atoms. The Morgan fingerprint density at radius 1 is 1.35 bits per heavy atom. The van der Waals surface area contributed by atoms with Crippen LogP contribution in [-0.2, 0) is 11.2 Å². The van der Waals surface area contributed by atoms with Crippen molar-refractivity contribution in [3.63, 3.8) is 0 Å². The molecule has 1 aromatic heterocycles. The SMILES string of the molecule is Cc1coc(CC(=O)O)c1C(=O)N(C)C1CCCCC1. The van der Waals surface area contributed by atoms with Crippen LogP contribution in [0.25, 0.3) is 0 Å². The Labute approximate surface area is 118 Å². The minimum Gasteiger partial charge on any atom is -0.481 e. The van der Waals surface area contributed by atoms with Crippen LogP contribution >= 0.6 is 0 Å². The third kappa shape index (κ3) is 3.03. The first-order chi connectivity index (χ1) is 9.50. The van der Waals surface area contributed by atoms with Gasteiger partial charge in [0.05, 0.1) is 11.8 Å². The number of carbonyl (C=O) groups is 2. The first kappa shape index (κ1) is 14.6. The number of rotatable bonds is 4. The predicted octanol–water partition coefficient (Wildman–Crippen LogP) is 2.62. The van der Waals surface area contributed by atoms with E-state index in [1.54, 1.807) is 18.9 Å². The highest BCUT2D eigenvalue weighted by atomic mass is 16.4. The largest absolute Gasteiger partial charge is 0.481 e. The molecule has 0 aromatic carbocycles. The van der Waals surface area contributed by atoms with Crippen molar-refractivity contribution in [1.82, 2.24) is 4.90 Å². The number of aliphatic carboxylic acids is 1. The summed E-state index contributed by atoms with van der Waals surface area (Å²) in [5.74, 6) is -0.865. The van der Waals surface area contributed by atoms with E-state index in [-0.39, 0.29) is 24.1 Å². The van der Waals surface area contributed by atoms with Crippen molar-refractivity contribution in [2.45, 2.75) is 51.5 Å². The first-order valence-corrected chi connectivity index (χ1v) is 7.06. The molecule has 2 rings (SSSR count). The van der Waals surface area contributed by atoms with Crippen LogP contribution in [0.15, 0.2) is 10.7 Å². The van der Waals surface area contributed by atoms with Gasteiger partial charge in [-0.15, -0.1) is 0 Å². The van der Waals surface area contributed by atoms with E-state index in [1.165, 1.54) is 12.7 Å². The average Bonchev–Trinajstić information content (AvgIpc) is 2.78. The average molecular weight is 279 g/mol. The fourth-order valence-electron chi connectivity index (χ4n) is 2.86.